The number of hydrogen-bond acceptors (Lipinski definition) is 6. The maximum atomic E-state index is 11.6. The van der Waals surface area contributed by atoms with Gasteiger partial charge in [0.05, 0.1) is 6.10 Å². The van der Waals surface area contributed by atoms with Gasteiger partial charge in [-0.25, -0.2) is 0 Å². The van der Waals surface area contributed by atoms with E-state index in [0.29, 0.717) is 21.6 Å². The van der Waals surface area contributed by atoms with Crippen molar-refractivity contribution in [2.45, 2.75) is 38.5 Å². The van der Waals surface area contributed by atoms with Gasteiger partial charge in [0, 0.05) is 24.1 Å². The molecule has 1 saturated heterocycles. The lowest BCUT2D eigenvalue weighted by Crippen LogP contribution is -2.37. The van der Waals surface area contributed by atoms with Gasteiger partial charge in [0.1, 0.15) is 15.6 Å². The summed E-state index contributed by atoms with van der Waals surface area (Å²) in [6.07, 6.45) is 1.13. The van der Waals surface area contributed by atoms with Gasteiger partial charge in [0.15, 0.2) is 5.75 Å². The summed E-state index contributed by atoms with van der Waals surface area (Å²) in [4.78, 5) is 14.2. The molecule has 4 N–H and O–H groups in total. The Bertz CT molecular complexity index is 517. The fraction of sp³-hybridized carbons (Fsp3) is 0.643. The number of hydrogen-bond donors (Lipinski definition) is 2. The predicted molar refractivity (Wildman–Crippen MR) is 91.8 cm³/mol. The molecular weight excluding hydrogens is 306 g/mol. The van der Waals surface area contributed by atoms with Crippen LogP contribution in [0.15, 0.2) is 0 Å². The van der Waals surface area contributed by atoms with Gasteiger partial charge < -0.3 is 21.1 Å². The van der Waals surface area contributed by atoms with Crippen LogP contribution in [0.5, 0.6) is 5.75 Å². The smallest absolute Gasteiger partial charge is 0.261 e. The Morgan fingerprint density at radius 1 is 1.52 bits per heavy atom. The fourth-order valence-electron chi connectivity index (χ4n) is 2.31. The summed E-state index contributed by atoms with van der Waals surface area (Å²) in [5, 5.41) is 1.54. The van der Waals surface area contributed by atoms with Gasteiger partial charge in [-0.05, 0) is 20.3 Å². The van der Waals surface area contributed by atoms with E-state index >= 15 is 0 Å². The minimum atomic E-state index is -0.490. The Balaban J connectivity index is 2.36. The molecule has 1 aromatic heterocycles. The predicted octanol–water partition coefficient (Wildman–Crippen LogP) is 2.55. The zero-order chi connectivity index (χ0) is 15.6. The molecule has 1 aliphatic rings. The molecule has 0 bridgehead atoms. The van der Waals surface area contributed by atoms with E-state index in [0.717, 1.165) is 30.3 Å². The molecule has 0 aliphatic carbocycles. The van der Waals surface area contributed by atoms with Crippen LogP contribution in [0, 0.1) is 0 Å². The van der Waals surface area contributed by atoms with Crippen molar-refractivity contribution in [3.63, 3.8) is 0 Å². The second-order valence-corrected chi connectivity index (χ2v) is 7.76. The average molecular weight is 329 g/mol. The number of amides is 1. The molecule has 1 atom stereocenters. The SMILES string of the molecule is CCC1CN(c2sc(C(N)=O)c(N)c2OC(C)C)CCS1. The highest BCUT2D eigenvalue weighted by atomic mass is 32.2. The monoisotopic (exact) mass is 329 g/mol. The molecule has 1 fully saturated rings. The van der Waals surface area contributed by atoms with Gasteiger partial charge >= 0.3 is 0 Å². The van der Waals surface area contributed by atoms with Crippen LogP contribution >= 0.6 is 23.1 Å². The highest BCUT2D eigenvalue weighted by molar-refractivity contribution is 8.00. The van der Waals surface area contributed by atoms with Gasteiger partial charge in [0.25, 0.3) is 5.91 Å². The van der Waals surface area contributed by atoms with E-state index in [-0.39, 0.29) is 6.10 Å². The van der Waals surface area contributed by atoms with E-state index in [4.69, 9.17) is 16.2 Å². The van der Waals surface area contributed by atoms with Gasteiger partial charge in [-0.1, -0.05) is 6.92 Å². The first-order valence-corrected chi connectivity index (χ1v) is 9.05. The number of nitrogens with zero attached hydrogens (tertiary/aromatic N) is 1. The molecule has 0 radical (unpaired) electrons. The second-order valence-electron chi connectivity index (χ2n) is 5.36. The van der Waals surface area contributed by atoms with Crippen LogP contribution in [0.2, 0.25) is 0 Å². The summed E-state index contributed by atoms with van der Waals surface area (Å²) in [5.41, 5.74) is 11.9. The van der Waals surface area contributed by atoms with E-state index in [2.05, 4.69) is 11.8 Å². The number of anilines is 2. The molecule has 0 aromatic carbocycles. The first-order valence-electron chi connectivity index (χ1n) is 7.19. The molecule has 1 amide bonds. The zero-order valence-electron chi connectivity index (χ0n) is 12.7. The molecule has 0 saturated carbocycles. The molecule has 2 rings (SSSR count). The van der Waals surface area contributed by atoms with Crippen molar-refractivity contribution in [1.29, 1.82) is 0 Å². The summed E-state index contributed by atoms with van der Waals surface area (Å²) in [5.74, 6) is 1.20. The summed E-state index contributed by atoms with van der Waals surface area (Å²) < 4.78 is 5.86. The van der Waals surface area contributed by atoms with Crippen LogP contribution in [-0.4, -0.2) is 36.1 Å². The lowest BCUT2D eigenvalue weighted by molar-refractivity contribution is 0.100. The first kappa shape index (κ1) is 16.3. The largest absolute Gasteiger partial charge is 0.486 e. The summed E-state index contributed by atoms with van der Waals surface area (Å²) in [6, 6.07) is 0. The highest BCUT2D eigenvalue weighted by Gasteiger charge is 2.28. The lowest BCUT2D eigenvalue weighted by atomic mass is 10.3. The fourth-order valence-corrected chi connectivity index (χ4v) is 4.53. The molecule has 21 heavy (non-hydrogen) atoms. The third kappa shape index (κ3) is 3.58. The highest BCUT2D eigenvalue weighted by Crippen LogP contribution is 2.46. The number of rotatable bonds is 5. The Kier molecular flexibility index (Phi) is 5.27. The minimum absolute atomic E-state index is 0.00233. The first-order chi connectivity index (χ1) is 9.93. The van der Waals surface area contributed by atoms with Crippen molar-refractivity contribution < 1.29 is 9.53 Å². The molecule has 5 nitrogen and oxygen atoms in total. The van der Waals surface area contributed by atoms with E-state index in [1.807, 2.05) is 25.6 Å². The topological polar surface area (TPSA) is 81.6 Å². The molecule has 7 heteroatoms. The molecule has 118 valence electrons. The second kappa shape index (κ2) is 6.79. The number of thiophene rings is 1. The van der Waals surface area contributed by atoms with Crippen LogP contribution in [0.25, 0.3) is 0 Å². The van der Waals surface area contributed by atoms with E-state index in [9.17, 15) is 4.79 Å². The van der Waals surface area contributed by atoms with Gasteiger partial charge in [-0.2, -0.15) is 11.8 Å². The summed E-state index contributed by atoms with van der Waals surface area (Å²) in [6.45, 7) is 7.99. The maximum absolute atomic E-state index is 11.6. The molecule has 2 heterocycles. The molecule has 1 aromatic rings. The Labute approximate surface area is 134 Å². The number of carbonyl (C=O) groups excluding carboxylic acids is 1. The van der Waals surface area contributed by atoms with E-state index < -0.39 is 5.91 Å². The van der Waals surface area contributed by atoms with Gasteiger partial charge in [0.2, 0.25) is 0 Å². The van der Waals surface area contributed by atoms with E-state index in [1.165, 1.54) is 11.3 Å². The minimum Gasteiger partial charge on any atom is -0.486 e. The quantitative estimate of drug-likeness (QED) is 0.867. The lowest BCUT2D eigenvalue weighted by Gasteiger charge is -2.33. The van der Waals surface area contributed by atoms with Crippen LogP contribution in [0.4, 0.5) is 10.7 Å². The van der Waals surface area contributed by atoms with Gasteiger partial charge in [-0.3, -0.25) is 4.79 Å². The van der Waals surface area contributed by atoms with Crippen LogP contribution in [-0.2, 0) is 0 Å². The summed E-state index contributed by atoms with van der Waals surface area (Å²) in [7, 11) is 0. The van der Waals surface area contributed by atoms with Gasteiger partial charge in [-0.15, -0.1) is 11.3 Å². The third-order valence-corrected chi connectivity index (χ3v) is 5.98. The molecule has 0 spiro atoms. The Morgan fingerprint density at radius 2 is 2.24 bits per heavy atom. The Morgan fingerprint density at radius 3 is 2.81 bits per heavy atom. The molecular formula is C14H23N3O2S2. The number of primary amides is 1. The number of thioether (sulfide) groups is 1. The van der Waals surface area contributed by atoms with Crippen molar-refractivity contribution in [2.24, 2.45) is 5.73 Å². The summed E-state index contributed by atoms with van der Waals surface area (Å²) >= 11 is 3.35. The van der Waals surface area contributed by atoms with Crippen LogP contribution in [0.1, 0.15) is 36.9 Å². The Hall–Kier alpha value is -1.08. The standard InChI is InChI=1S/C14H23N3O2S2/c1-4-9-7-17(5-6-20-9)14-11(19-8(2)3)10(15)12(21-14)13(16)18/h8-9H,4-7,15H2,1-3H3,(H2,16,18). The van der Waals surface area contributed by atoms with Crippen molar-refractivity contribution >= 4 is 39.7 Å². The van der Waals surface area contributed by atoms with Crippen molar-refractivity contribution in [2.75, 3.05) is 29.5 Å². The van der Waals surface area contributed by atoms with Crippen molar-refractivity contribution in [3.8, 4) is 5.75 Å². The third-order valence-electron chi connectivity index (χ3n) is 3.34. The van der Waals surface area contributed by atoms with Crippen molar-refractivity contribution in [3.05, 3.63) is 4.88 Å². The number of nitrogens with two attached hydrogens (primary N) is 2. The molecule has 1 aliphatic heterocycles. The maximum Gasteiger partial charge on any atom is 0.261 e. The number of ether oxygens (including phenoxy) is 1. The molecule has 1 unspecified atom stereocenters. The van der Waals surface area contributed by atoms with Crippen LogP contribution in [0.3, 0.4) is 0 Å². The number of nitrogen functional groups attached to an aromatic ring is 1. The average Bonchev–Trinajstić information content (AvgIpc) is 2.76. The van der Waals surface area contributed by atoms with E-state index in [1.54, 1.807) is 0 Å². The van der Waals surface area contributed by atoms with Crippen molar-refractivity contribution in [1.82, 2.24) is 0 Å². The zero-order valence-corrected chi connectivity index (χ0v) is 14.4. The number of carbonyl (C=O) groups is 1. The normalized spacial score (nSPS) is 19.0. The van der Waals surface area contributed by atoms with Crippen LogP contribution < -0.4 is 21.1 Å².